The molecule has 0 saturated carbocycles. The Hall–Kier alpha value is -0.900. The van der Waals surface area contributed by atoms with E-state index >= 15 is 0 Å². The van der Waals surface area contributed by atoms with E-state index in [-0.39, 0.29) is 6.42 Å². The van der Waals surface area contributed by atoms with E-state index in [9.17, 15) is 9.59 Å². The minimum Gasteiger partial charge on any atom is -0.391 e. The molecule has 1 N–H and O–H groups in total. The first-order valence-corrected chi connectivity index (χ1v) is 3.90. The molecule has 0 aromatic carbocycles. The van der Waals surface area contributed by atoms with Gasteiger partial charge in [-0.05, 0) is 12.3 Å². The topological polar surface area (TPSA) is 63.6 Å². The highest BCUT2D eigenvalue weighted by atomic mass is 16.6. The van der Waals surface area contributed by atoms with Crippen LogP contribution >= 0.6 is 0 Å². The number of aliphatic hydroxyl groups is 1. The molecule has 4 heteroatoms. The second kappa shape index (κ2) is 5.71. The van der Waals surface area contributed by atoms with Crippen molar-refractivity contribution < 1.29 is 19.4 Å². The van der Waals surface area contributed by atoms with Crippen molar-refractivity contribution in [3.8, 4) is 0 Å². The zero-order chi connectivity index (χ0) is 9.56. The summed E-state index contributed by atoms with van der Waals surface area (Å²) in [5, 5.41) is 8.23. The third-order valence-electron chi connectivity index (χ3n) is 1.28. The summed E-state index contributed by atoms with van der Waals surface area (Å²) in [6, 6.07) is 0. The Kier molecular flexibility index (Phi) is 5.28. The molecular weight excluding hydrogens is 160 g/mol. The van der Waals surface area contributed by atoms with Crippen molar-refractivity contribution in [1.29, 1.82) is 0 Å². The fourth-order valence-electron chi connectivity index (χ4n) is 0.617. The summed E-state index contributed by atoms with van der Waals surface area (Å²) < 4.78 is 4.22. The Labute approximate surface area is 71.5 Å². The van der Waals surface area contributed by atoms with E-state index in [4.69, 9.17) is 5.11 Å². The SMILES string of the molecule is CC(C)CCC(=O)OC(=O)CO. The van der Waals surface area contributed by atoms with Crippen LogP contribution in [0.3, 0.4) is 0 Å². The fraction of sp³-hybridized carbons (Fsp3) is 0.750. The van der Waals surface area contributed by atoms with Crippen LogP contribution in [-0.2, 0) is 14.3 Å². The van der Waals surface area contributed by atoms with Crippen LogP contribution in [-0.4, -0.2) is 23.7 Å². The molecule has 0 unspecified atom stereocenters. The molecule has 0 aromatic heterocycles. The van der Waals surface area contributed by atoms with Crippen molar-refractivity contribution in [3.63, 3.8) is 0 Å². The molecule has 4 nitrogen and oxygen atoms in total. The second-order valence-corrected chi connectivity index (χ2v) is 2.94. The van der Waals surface area contributed by atoms with Crippen molar-refractivity contribution in [3.05, 3.63) is 0 Å². The number of rotatable bonds is 4. The first-order chi connectivity index (χ1) is 5.56. The summed E-state index contributed by atoms with van der Waals surface area (Å²) in [5.74, 6) is -1.05. The molecule has 70 valence electrons. The molecule has 0 aromatic rings. The molecule has 0 spiro atoms. The van der Waals surface area contributed by atoms with Crippen LogP contribution in [0.15, 0.2) is 0 Å². The van der Waals surface area contributed by atoms with Crippen LogP contribution < -0.4 is 0 Å². The predicted molar refractivity (Wildman–Crippen MR) is 42.3 cm³/mol. The fourth-order valence-corrected chi connectivity index (χ4v) is 0.617. The van der Waals surface area contributed by atoms with Crippen LogP contribution in [0.25, 0.3) is 0 Å². The molecule has 12 heavy (non-hydrogen) atoms. The lowest BCUT2D eigenvalue weighted by Crippen LogP contribution is -2.15. The molecule has 0 amide bonds. The van der Waals surface area contributed by atoms with Gasteiger partial charge in [0.2, 0.25) is 0 Å². The average Bonchev–Trinajstić information content (AvgIpc) is 2.00. The number of hydrogen-bond acceptors (Lipinski definition) is 4. The van der Waals surface area contributed by atoms with Crippen LogP contribution in [0.2, 0.25) is 0 Å². The molecule has 0 fully saturated rings. The number of esters is 2. The standard InChI is InChI=1S/C8H14O4/c1-6(2)3-4-7(10)12-8(11)5-9/h6,9H,3-5H2,1-2H3. The monoisotopic (exact) mass is 174 g/mol. The predicted octanol–water partition coefficient (Wildman–Crippen LogP) is 0.485. The van der Waals surface area contributed by atoms with Crippen molar-refractivity contribution in [2.24, 2.45) is 5.92 Å². The van der Waals surface area contributed by atoms with Crippen LogP contribution in [0, 0.1) is 5.92 Å². The highest BCUT2D eigenvalue weighted by molar-refractivity contribution is 5.85. The summed E-state index contributed by atoms with van der Waals surface area (Å²) >= 11 is 0. The van der Waals surface area contributed by atoms with E-state index in [1.54, 1.807) is 0 Å². The maximum Gasteiger partial charge on any atom is 0.339 e. The maximum absolute atomic E-state index is 10.8. The summed E-state index contributed by atoms with van der Waals surface area (Å²) in [6.45, 7) is 3.20. The molecule has 0 aliphatic rings. The van der Waals surface area contributed by atoms with E-state index in [2.05, 4.69) is 4.74 Å². The van der Waals surface area contributed by atoms with E-state index in [0.717, 1.165) is 0 Å². The Balaban J connectivity index is 3.53. The first-order valence-electron chi connectivity index (χ1n) is 3.90. The van der Waals surface area contributed by atoms with Crippen LogP contribution in [0.1, 0.15) is 26.7 Å². The molecule has 0 saturated heterocycles. The summed E-state index contributed by atoms with van der Waals surface area (Å²) in [6.07, 6.45) is 0.918. The highest BCUT2D eigenvalue weighted by Gasteiger charge is 2.09. The largest absolute Gasteiger partial charge is 0.391 e. The van der Waals surface area contributed by atoms with Gasteiger partial charge in [0.15, 0.2) is 0 Å². The van der Waals surface area contributed by atoms with Crippen molar-refractivity contribution >= 4 is 11.9 Å². The third-order valence-corrected chi connectivity index (χ3v) is 1.28. The number of aliphatic hydroxyl groups excluding tert-OH is 1. The van der Waals surface area contributed by atoms with Gasteiger partial charge in [-0.15, -0.1) is 0 Å². The van der Waals surface area contributed by atoms with Gasteiger partial charge in [0.1, 0.15) is 6.61 Å². The average molecular weight is 174 g/mol. The second-order valence-electron chi connectivity index (χ2n) is 2.94. The van der Waals surface area contributed by atoms with Crippen molar-refractivity contribution in [2.45, 2.75) is 26.7 Å². The molecular formula is C8H14O4. The minimum atomic E-state index is -0.885. The summed E-state index contributed by atoms with van der Waals surface area (Å²) in [4.78, 5) is 21.1. The highest BCUT2D eigenvalue weighted by Crippen LogP contribution is 2.04. The van der Waals surface area contributed by atoms with Gasteiger partial charge < -0.3 is 9.84 Å². The van der Waals surface area contributed by atoms with Gasteiger partial charge in [-0.3, -0.25) is 4.79 Å². The quantitative estimate of drug-likeness (QED) is 0.497. The maximum atomic E-state index is 10.8. The molecule has 0 aliphatic carbocycles. The molecule has 0 atom stereocenters. The Bertz CT molecular complexity index is 162. The van der Waals surface area contributed by atoms with E-state index in [1.807, 2.05) is 13.8 Å². The lowest BCUT2D eigenvalue weighted by molar-refractivity contribution is -0.161. The van der Waals surface area contributed by atoms with Gasteiger partial charge in [0.25, 0.3) is 0 Å². The molecule has 0 rings (SSSR count). The van der Waals surface area contributed by atoms with E-state index in [0.29, 0.717) is 12.3 Å². The van der Waals surface area contributed by atoms with Gasteiger partial charge in [-0.1, -0.05) is 13.8 Å². The molecule has 0 aliphatic heterocycles. The Morgan fingerprint density at radius 1 is 1.33 bits per heavy atom. The van der Waals surface area contributed by atoms with Crippen LogP contribution in [0.5, 0.6) is 0 Å². The van der Waals surface area contributed by atoms with E-state index < -0.39 is 18.5 Å². The third kappa shape index (κ3) is 5.85. The first kappa shape index (κ1) is 11.1. The number of carbonyl (C=O) groups is 2. The zero-order valence-electron chi connectivity index (χ0n) is 7.37. The van der Waals surface area contributed by atoms with Gasteiger partial charge in [-0.2, -0.15) is 0 Å². The zero-order valence-corrected chi connectivity index (χ0v) is 7.37. The summed E-state index contributed by atoms with van der Waals surface area (Å²) in [7, 11) is 0. The van der Waals surface area contributed by atoms with Gasteiger partial charge in [-0.25, -0.2) is 4.79 Å². The normalized spacial score (nSPS) is 10.0. The molecule has 0 radical (unpaired) electrons. The van der Waals surface area contributed by atoms with Gasteiger partial charge in [0, 0.05) is 6.42 Å². The smallest absolute Gasteiger partial charge is 0.339 e. The number of ether oxygens (including phenoxy) is 1. The molecule has 0 heterocycles. The Morgan fingerprint density at radius 2 is 1.92 bits per heavy atom. The summed E-state index contributed by atoms with van der Waals surface area (Å²) in [5.41, 5.74) is 0. The van der Waals surface area contributed by atoms with Crippen LogP contribution in [0.4, 0.5) is 0 Å². The lowest BCUT2D eigenvalue weighted by atomic mass is 10.1. The Morgan fingerprint density at radius 3 is 2.33 bits per heavy atom. The minimum absolute atomic E-state index is 0.226. The molecule has 0 bridgehead atoms. The van der Waals surface area contributed by atoms with Gasteiger partial charge >= 0.3 is 11.9 Å². The number of carbonyl (C=O) groups excluding carboxylic acids is 2. The van der Waals surface area contributed by atoms with Crippen molar-refractivity contribution in [2.75, 3.05) is 6.61 Å². The lowest BCUT2D eigenvalue weighted by Gasteiger charge is -2.02. The van der Waals surface area contributed by atoms with Crippen molar-refractivity contribution in [1.82, 2.24) is 0 Å². The van der Waals surface area contributed by atoms with E-state index in [1.165, 1.54) is 0 Å². The number of hydrogen-bond donors (Lipinski definition) is 1. The van der Waals surface area contributed by atoms with Gasteiger partial charge in [0.05, 0.1) is 0 Å².